The minimum Gasteiger partial charge on any atom is -0.462 e. The Labute approximate surface area is 135 Å². The molecule has 0 atom stereocenters. The standard InChI is InChI=1S/C20H17NO2/c1-2-23-20(22)17-13-18(15-9-5-3-6-10-15)21-19(14-17)16-11-7-4-8-12-16/h3-14H,2H2,1H3. The van der Waals surface area contributed by atoms with E-state index in [1.807, 2.05) is 60.7 Å². The Morgan fingerprint density at radius 1 is 0.870 bits per heavy atom. The highest BCUT2D eigenvalue weighted by atomic mass is 16.5. The smallest absolute Gasteiger partial charge is 0.338 e. The highest BCUT2D eigenvalue weighted by Crippen LogP contribution is 2.25. The second kappa shape index (κ2) is 6.88. The van der Waals surface area contributed by atoms with Crippen LogP contribution >= 0.6 is 0 Å². The van der Waals surface area contributed by atoms with Crippen LogP contribution in [0, 0.1) is 0 Å². The van der Waals surface area contributed by atoms with Crippen molar-refractivity contribution in [3.05, 3.63) is 78.4 Å². The lowest BCUT2D eigenvalue weighted by Crippen LogP contribution is -2.06. The van der Waals surface area contributed by atoms with Crippen molar-refractivity contribution >= 4 is 5.97 Å². The summed E-state index contributed by atoms with van der Waals surface area (Å²) in [7, 11) is 0. The SMILES string of the molecule is CCOC(=O)c1cc(-c2ccccc2)nc(-c2ccccc2)c1. The van der Waals surface area contributed by atoms with Crippen LogP contribution < -0.4 is 0 Å². The van der Waals surface area contributed by atoms with E-state index in [1.165, 1.54) is 0 Å². The molecular weight excluding hydrogens is 286 g/mol. The first-order valence-corrected chi connectivity index (χ1v) is 7.58. The molecule has 2 aromatic carbocycles. The number of carbonyl (C=O) groups excluding carboxylic acids is 1. The topological polar surface area (TPSA) is 39.2 Å². The maximum absolute atomic E-state index is 12.2. The van der Waals surface area contributed by atoms with Crippen LogP contribution in [0.25, 0.3) is 22.5 Å². The highest BCUT2D eigenvalue weighted by molar-refractivity contribution is 5.92. The normalized spacial score (nSPS) is 10.3. The zero-order chi connectivity index (χ0) is 16.1. The van der Waals surface area contributed by atoms with Crippen molar-refractivity contribution in [2.75, 3.05) is 6.61 Å². The van der Waals surface area contributed by atoms with Crippen molar-refractivity contribution in [3.63, 3.8) is 0 Å². The summed E-state index contributed by atoms with van der Waals surface area (Å²) in [5.74, 6) is -0.329. The summed E-state index contributed by atoms with van der Waals surface area (Å²) in [5, 5.41) is 0. The van der Waals surface area contributed by atoms with Crippen molar-refractivity contribution in [3.8, 4) is 22.5 Å². The molecule has 1 heterocycles. The maximum Gasteiger partial charge on any atom is 0.338 e. The van der Waals surface area contributed by atoms with Crippen LogP contribution in [-0.2, 0) is 4.74 Å². The average Bonchev–Trinajstić information content (AvgIpc) is 2.63. The van der Waals surface area contributed by atoms with E-state index in [-0.39, 0.29) is 5.97 Å². The maximum atomic E-state index is 12.2. The molecule has 3 rings (SSSR count). The zero-order valence-electron chi connectivity index (χ0n) is 12.9. The Bertz CT molecular complexity index is 741. The fourth-order valence-corrected chi connectivity index (χ4v) is 2.38. The number of pyridine rings is 1. The lowest BCUT2D eigenvalue weighted by molar-refractivity contribution is 0.0526. The van der Waals surface area contributed by atoms with E-state index in [4.69, 9.17) is 9.72 Å². The fourth-order valence-electron chi connectivity index (χ4n) is 2.38. The molecule has 0 aliphatic carbocycles. The number of carbonyl (C=O) groups is 1. The van der Waals surface area contributed by atoms with Crippen LogP contribution in [0.5, 0.6) is 0 Å². The number of rotatable bonds is 4. The first-order valence-electron chi connectivity index (χ1n) is 7.58. The Morgan fingerprint density at radius 3 is 1.78 bits per heavy atom. The second-order valence-electron chi connectivity index (χ2n) is 5.08. The van der Waals surface area contributed by atoms with Gasteiger partial charge in [-0.15, -0.1) is 0 Å². The molecule has 0 spiro atoms. The Morgan fingerprint density at radius 2 is 1.35 bits per heavy atom. The van der Waals surface area contributed by atoms with Gasteiger partial charge in [0.25, 0.3) is 0 Å². The van der Waals surface area contributed by atoms with Gasteiger partial charge in [0.15, 0.2) is 0 Å². The number of esters is 1. The molecule has 3 nitrogen and oxygen atoms in total. The molecule has 0 aliphatic heterocycles. The van der Waals surface area contributed by atoms with Gasteiger partial charge in [-0.05, 0) is 19.1 Å². The number of hydrogen-bond acceptors (Lipinski definition) is 3. The Hall–Kier alpha value is -2.94. The van der Waals surface area contributed by atoms with E-state index < -0.39 is 0 Å². The fraction of sp³-hybridized carbons (Fsp3) is 0.100. The van der Waals surface area contributed by atoms with E-state index in [0.29, 0.717) is 12.2 Å². The second-order valence-corrected chi connectivity index (χ2v) is 5.08. The third kappa shape index (κ3) is 3.46. The quantitative estimate of drug-likeness (QED) is 0.662. The van der Waals surface area contributed by atoms with Crippen LogP contribution in [0.2, 0.25) is 0 Å². The largest absolute Gasteiger partial charge is 0.462 e. The summed E-state index contributed by atoms with van der Waals surface area (Å²) in [6.07, 6.45) is 0. The minimum atomic E-state index is -0.329. The van der Waals surface area contributed by atoms with E-state index in [0.717, 1.165) is 22.5 Å². The van der Waals surface area contributed by atoms with E-state index >= 15 is 0 Å². The van der Waals surface area contributed by atoms with E-state index in [2.05, 4.69) is 0 Å². The molecule has 0 aliphatic rings. The van der Waals surface area contributed by atoms with Gasteiger partial charge in [0, 0.05) is 11.1 Å². The zero-order valence-corrected chi connectivity index (χ0v) is 12.9. The average molecular weight is 303 g/mol. The summed E-state index contributed by atoms with van der Waals surface area (Å²) in [5.41, 5.74) is 3.97. The number of hydrogen-bond donors (Lipinski definition) is 0. The van der Waals surface area contributed by atoms with E-state index in [9.17, 15) is 4.79 Å². The van der Waals surface area contributed by atoms with Crippen molar-refractivity contribution in [1.29, 1.82) is 0 Å². The first kappa shape index (κ1) is 15.0. The molecular formula is C20H17NO2. The lowest BCUT2D eigenvalue weighted by atomic mass is 10.0. The lowest BCUT2D eigenvalue weighted by Gasteiger charge is -2.09. The molecule has 0 N–H and O–H groups in total. The number of aromatic nitrogens is 1. The minimum absolute atomic E-state index is 0.329. The molecule has 1 aromatic heterocycles. The third-order valence-corrected chi connectivity index (χ3v) is 3.48. The molecule has 23 heavy (non-hydrogen) atoms. The van der Waals surface area contributed by atoms with Gasteiger partial charge < -0.3 is 4.74 Å². The Kier molecular flexibility index (Phi) is 4.48. The van der Waals surface area contributed by atoms with Gasteiger partial charge in [0.05, 0.1) is 23.6 Å². The van der Waals surface area contributed by atoms with Crippen molar-refractivity contribution in [1.82, 2.24) is 4.98 Å². The van der Waals surface area contributed by atoms with Gasteiger partial charge in [-0.3, -0.25) is 0 Å². The van der Waals surface area contributed by atoms with E-state index in [1.54, 1.807) is 19.1 Å². The third-order valence-electron chi connectivity index (χ3n) is 3.48. The Balaban J connectivity index is 2.13. The molecule has 0 saturated heterocycles. The summed E-state index contributed by atoms with van der Waals surface area (Å²) >= 11 is 0. The summed E-state index contributed by atoms with van der Waals surface area (Å²) in [4.78, 5) is 16.9. The predicted octanol–water partition coefficient (Wildman–Crippen LogP) is 4.59. The first-order chi connectivity index (χ1) is 11.3. The van der Waals surface area contributed by atoms with Crippen molar-refractivity contribution in [2.45, 2.75) is 6.92 Å². The van der Waals surface area contributed by atoms with Crippen molar-refractivity contribution < 1.29 is 9.53 Å². The van der Waals surface area contributed by atoms with Gasteiger partial charge in [0.1, 0.15) is 0 Å². The van der Waals surface area contributed by atoms with Crippen LogP contribution in [0.15, 0.2) is 72.8 Å². The summed E-state index contributed by atoms with van der Waals surface area (Å²) in [6, 6.07) is 23.2. The molecule has 0 fully saturated rings. The van der Waals surface area contributed by atoms with Gasteiger partial charge in [0.2, 0.25) is 0 Å². The number of benzene rings is 2. The molecule has 0 radical (unpaired) electrons. The van der Waals surface area contributed by atoms with Gasteiger partial charge in [-0.25, -0.2) is 9.78 Å². The highest BCUT2D eigenvalue weighted by Gasteiger charge is 2.12. The van der Waals surface area contributed by atoms with Crippen LogP contribution in [0.3, 0.4) is 0 Å². The molecule has 0 unspecified atom stereocenters. The van der Waals surface area contributed by atoms with Gasteiger partial charge in [-0.2, -0.15) is 0 Å². The number of ether oxygens (including phenoxy) is 1. The van der Waals surface area contributed by atoms with Gasteiger partial charge in [-0.1, -0.05) is 60.7 Å². The van der Waals surface area contributed by atoms with Gasteiger partial charge >= 0.3 is 5.97 Å². The molecule has 114 valence electrons. The predicted molar refractivity (Wildman–Crippen MR) is 91.1 cm³/mol. The monoisotopic (exact) mass is 303 g/mol. The van der Waals surface area contributed by atoms with Crippen LogP contribution in [0.1, 0.15) is 17.3 Å². The van der Waals surface area contributed by atoms with Crippen molar-refractivity contribution in [2.24, 2.45) is 0 Å². The molecule has 0 bridgehead atoms. The molecule has 3 aromatic rings. The van der Waals surface area contributed by atoms with Crippen LogP contribution in [-0.4, -0.2) is 17.6 Å². The number of nitrogens with zero attached hydrogens (tertiary/aromatic N) is 1. The van der Waals surface area contributed by atoms with Crippen LogP contribution in [0.4, 0.5) is 0 Å². The molecule has 3 heteroatoms. The molecule has 0 amide bonds. The summed E-state index contributed by atoms with van der Waals surface area (Å²) in [6.45, 7) is 2.15. The molecule has 0 saturated carbocycles. The summed E-state index contributed by atoms with van der Waals surface area (Å²) < 4.78 is 5.14.